The number of hydrogen-bond acceptors (Lipinski definition) is 3. The maximum Gasteiger partial charge on any atom is 0.220 e. The highest BCUT2D eigenvalue weighted by molar-refractivity contribution is 7.07. The molecule has 1 atom stereocenters. The van der Waals surface area contributed by atoms with Gasteiger partial charge in [-0.1, -0.05) is 0 Å². The third kappa shape index (κ3) is 4.04. The third-order valence-electron chi connectivity index (χ3n) is 2.72. The van der Waals surface area contributed by atoms with Crippen LogP contribution in [0.2, 0.25) is 0 Å². The van der Waals surface area contributed by atoms with Crippen molar-refractivity contribution in [3.63, 3.8) is 0 Å². The van der Waals surface area contributed by atoms with Crippen LogP contribution in [0.25, 0.3) is 0 Å². The summed E-state index contributed by atoms with van der Waals surface area (Å²) in [4.78, 5) is 11.7. The lowest BCUT2D eigenvalue weighted by molar-refractivity contribution is -0.121. The number of carbonyl (C=O) groups excluding carboxylic acids is 1. The summed E-state index contributed by atoms with van der Waals surface area (Å²) in [6, 6.07) is 5.95. The molecule has 2 heterocycles. The van der Waals surface area contributed by atoms with Crippen LogP contribution >= 0.6 is 11.3 Å². The lowest BCUT2D eigenvalue weighted by atomic mass is 10.1. The highest BCUT2D eigenvalue weighted by Gasteiger charge is 2.09. The molecule has 1 unspecified atom stereocenters. The van der Waals surface area contributed by atoms with Crippen LogP contribution in [0.15, 0.2) is 39.6 Å². The molecule has 2 aromatic rings. The molecule has 96 valence electrons. The van der Waals surface area contributed by atoms with Gasteiger partial charge < -0.3 is 9.73 Å². The van der Waals surface area contributed by atoms with Crippen LogP contribution < -0.4 is 5.32 Å². The molecule has 2 rings (SSSR count). The van der Waals surface area contributed by atoms with Gasteiger partial charge in [0.05, 0.1) is 6.26 Å². The van der Waals surface area contributed by atoms with E-state index in [2.05, 4.69) is 16.8 Å². The van der Waals surface area contributed by atoms with Gasteiger partial charge in [0, 0.05) is 18.9 Å². The largest absolute Gasteiger partial charge is 0.469 e. The number of rotatable bonds is 6. The van der Waals surface area contributed by atoms with Gasteiger partial charge in [0.25, 0.3) is 0 Å². The molecule has 0 aliphatic rings. The van der Waals surface area contributed by atoms with E-state index in [4.69, 9.17) is 4.42 Å². The topological polar surface area (TPSA) is 42.2 Å². The van der Waals surface area contributed by atoms with Gasteiger partial charge >= 0.3 is 0 Å². The molecular formula is C14H17NO2S. The Morgan fingerprint density at radius 2 is 2.39 bits per heavy atom. The first-order chi connectivity index (χ1) is 8.74. The van der Waals surface area contributed by atoms with Crippen LogP contribution in [-0.2, 0) is 17.6 Å². The molecule has 1 N–H and O–H groups in total. The summed E-state index contributed by atoms with van der Waals surface area (Å²) in [6.07, 6.45) is 3.74. The fourth-order valence-corrected chi connectivity index (χ4v) is 2.52. The minimum absolute atomic E-state index is 0.0975. The van der Waals surface area contributed by atoms with Crippen LogP contribution in [0.3, 0.4) is 0 Å². The Labute approximate surface area is 111 Å². The molecule has 18 heavy (non-hydrogen) atoms. The van der Waals surface area contributed by atoms with Crippen LogP contribution in [0, 0.1) is 0 Å². The SMILES string of the molecule is CC(Cc1ccco1)NC(=O)CCc1ccsc1. The predicted octanol–water partition coefficient (Wildman–Crippen LogP) is 3.02. The number of furan rings is 1. The molecule has 0 fully saturated rings. The first kappa shape index (κ1) is 12.9. The number of nitrogens with one attached hydrogen (secondary N) is 1. The Balaban J connectivity index is 1.70. The molecule has 0 aliphatic heterocycles. The second-order valence-electron chi connectivity index (χ2n) is 4.38. The van der Waals surface area contributed by atoms with Crippen molar-refractivity contribution in [1.29, 1.82) is 0 Å². The molecule has 0 aromatic carbocycles. The highest BCUT2D eigenvalue weighted by atomic mass is 32.1. The highest BCUT2D eigenvalue weighted by Crippen LogP contribution is 2.09. The van der Waals surface area contributed by atoms with Gasteiger partial charge in [-0.05, 0) is 47.9 Å². The van der Waals surface area contributed by atoms with E-state index in [9.17, 15) is 4.79 Å². The van der Waals surface area contributed by atoms with Gasteiger partial charge in [-0.3, -0.25) is 4.79 Å². The zero-order chi connectivity index (χ0) is 12.8. The predicted molar refractivity (Wildman–Crippen MR) is 72.7 cm³/mol. The number of aryl methyl sites for hydroxylation is 1. The lowest BCUT2D eigenvalue weighted by Gasteiger charge is -2.12. The van der Waals surface area contributed by atoms with Gasteiger partial charge in [0.15, 0.2) is 0 Å². The summed E-state index contributed by atoms with van der Waals surface area (Å²) in [5.74, 6) is 1.00. The Kier molecular flexibility index (Phi) is 4.59. The second kappa shape index (κ2) is 6.40. The summed E-state index contributed by atoms with van der Waals surface area (Å²) < 4.78 is 5.25. The van der Waals surface area contributed by atoms with Crippen molar-refractivity contribution in [3.05, 3.63) is 46.5 Å². The third-order valence-corrected chi connectivity index (χ3v) is 3.45. The van der Waals surface area contributed by atoms with E-state index in [-0.39, 0.29) is 11.9 Å². The minimum atomic E-state index is 0.0975. The summed E-state index contributed by atoms with van der Waals surface area (Å²) in [6.45, 7) is 1.99. The smallest absolute Gasteiger partial charge is 0.220 e. The fraction of sp³-hybridized carbons (Fsp3) is 0.357. The zero-order valence-corrected chi connectivity index (χ0v) is 11.2. The van der Waals surface area contributed by atoms with Gasteiger partial charge in [-0.15, -0.1) is 0 Å². The quantitative estimate of drug-likeness (QED) is 0.870. The van der Waals surface area contributed by atoms with Crippen LogP contribution in [0.5, 0.6) is 0 Å². The number of amides is 1. The average molecular weight is 263 g/mol. The molecule has 0 radical (unpaired) electrons. The molecule has 0 bridgehead atoms. The molecule has 3 nitrogen and oxygen atoms in total. The maximum atomic E-state index is 11.7. The molecule has 2 aromatic heterocycles. The Bertz CT molecular complexity index is 462. The van der Waals surface area contributed by atoms with Crippen molar-refractivity contribution in [3.8, 4) is 0 Å². The molecule has 1 amide bonds. The van der Waals surface area contributed by atoms with Crippen LogP contribution in [0.1, 0.15) is 24.7 Å². The van der Waals surface area contributed by atoms with E-state index in [0.717, 1.165) is 18.6 Å². The molecule has 0 saturated carbocycles. The van der Waals surface area contributed by atoms with E-state index < -0.39 is 0 Å². The molecular weight excluding hydrogens is 246 g/mol. The summed E-state index contributed by atoms with van der Waals surface area (Å²) in [5, 5.41) is 7.10. The van der Waals surface area contributed by atoms with E-state index in [1.54, 1.807) is 17.6 Å². The average Bonchev–Trinajstić information content (AvgIpc) is 2.98. The van der Waals surface area contributed by atoms with Gasteiger partial charge in [0.1, 0.15) is 5.76 Å². The first-order valence-electron chi connectivity index (χ1n) is 6.07. The second-order valence-corrected chi connectivity index (χ2v) is 5.16. The van der Waals surface area contributed by atoms with Gasteiger partial charge in [-0.25, -0.2) is 0 Å². The minimum Gasteiger partial charge on any atom is -0.469 e. The number of carbonyl (C=O) groups is 1. The van der Waals surface area contributed by atoms with E-state index in [1.807, 2.05) is 24.4 Å². The summed E-state index contributed by atoms with van der Waals surface area (Å²) in [5.41, 5.74) is 1.23. The summed E-state index contributed by atoms with van der Waals surface area (Å²) in [7, 11) is 0. The van der Waals surface area contributed by atoms with Gasteiger partial charge in [-0.2, -0.15) is 11.3 Å². The molecule has 0 aliphatic carbocycles. The van der Waals surface area contributed by atoms with Crippen molar-refractivity contribution in [2.45, 2.75) is 32.2 Å². The first-order valence-corrected chi connectivity index (χ1v) is 7.01. The molecule has 0 spiro atoms. The van der Waals surface area contributed by atoms with E-state index in [1.165, 1.54) is 5.56 Å². The van der Waals surface area contributed by atoms with Crippen molar-refractivity contribution in [2.24, 2.45) is 0 Å². The maximum absolute atomic E-state index is 11.7. The Morgan fingerprint density at radius 1 is 1.50 bits per heavy atom. The van der Waals surface area contributed by atoms with Crippen molar-refractivity contribution >= 4 is 17.2 Å². The van der Waals surface area contributed by atoms with E-state index >= 15 is 0 Å². The van der Waals surface area contributed by atoms with Crippen molar-refractivity contribution in [1.82, 2.24) is 5.32 Å². The standard InChI is InChI=1S/C14H17NO2S/c1-11(9-13-3-2-7-17-13)15-14(16)5-4-12-6-8-18-10-12/h2-3,6-8,10-11H,4-5,9H2,1H3,(H,15,16). The van der Waals surface area contributed by atoms with Crippen molar-refractivity contribution in [2.75, 3.05) is 0 Å². The number of thiophene rings is 1. The fourth-order valence-electron chi connectivity index (χ4n) is 1.82. The Hall–Kier alpha value is -1.55. The van der Waals surface area contributed by atoms with Crippen LogP contribution in [0.4, 0.5) is 0 Å². The van der Waals surface area contributed by atoms with Crippen molar-refractivity contribution < 1.29 is 9.21 Å². The van der Waals surface area contributed by atoms with Gasteiger partial charge in [0.2, 0.25) is 5.91 Å². The Morgan fingerprint density at radius 3 is 3.06 bits per heavy atom. The number of hydrogen-bond donors (Lipinski definition) is 1. The molecule has 0 saturated heterocycles. The van der Waals surface area contributed by atoms with E-state index in [0.29, 0.717) is 6.42 Å². The zero-order valence-electron chi connectivity index (χ0n) is 10.4. The molecule has 4 heteroatoms. The monoisotopic (exact) mass is 263 g/mol. The summed E-state index contributed by atoms with van der Waals surface area (Å²) >= 11 is 1.66. The lowest BCUT2D eigenvalue weighted by Crippen LogP contribution is -2.34. The normalized spacial score (nSPS) is 12.3. The van der Waals surface area contributed by atoms with Crippen LogP contribution in [-0.4, -0.2) is 11.9 Å².